The average molecular weight is 212 g/mol. The van der Waals surface area contributed by atoms with E-state index in [0.717, 1.165) is 38.8 Å². The minimum absolute atomic E-state index is 0.0996. The van der Waals surface area contributed by atoms with Gasteiger partial charge in [0.2, 0.25) is 0 Å². The Morgan fingerprint density at radius 3 is 2.67 bits per heavy atom. The van der Waals surface area contributed by atoms with Crippen molar-refractivity contribution in [2.75, 3.05) is 19.7 Å². The van der Waals surface area contributed by atoms with Crippen LogP contribution in [0.2, 0.25) is 0 Å². The monoisotopic (exact) mass is 212 g/mol. The van der Waals surface area contributed by atoms with E-state index in [1.54, 1.807) is 0 Å². The summed E-state index contributed by atoms with van der Waals surface area (Å²) in [5, 5.41) is 3.35. The number of hydrogen-bond donors (Lipinski definition) is 1. The van der Waals surface area contributed by atoms with Crippen LogP contribution in [-0.2, 0) is 4.74 Å². The summed E-state index contributed by atoms with van der Waals surface area (Å²) in [6.07, 6.45) is 4.19. The molecule has 15 heavy (non-hydrogen) atoms. The minimum Gasteiger partial charge on any atom is -0.449 e. The molecule has 0 spiro atoms. The first-order valence-electron chi connectivity index (χ1n) is 5.98. The number of carbonyl (C=O) groups is 1. The number of rotatable bonds is 3. The van der Waals surface area contributed by atoms with Gasteiger partial charge in [-0.2, -0.15) is 0 Å². The lowest BCUT2D eigenvalue weighted by Crippen LogP contribution is -2.54. The molecule has 2 atom stereocenters. The number of ether oxygens (including phenoxy) is 1. The van der Waals surface area contributed by atoms with Crippen LogP contribution in [0, 0.1) is 0 Å². The molecule has 4 nitrogen and oxygen atoms in total. The van der Waals surface area contributed by atoms with Gasteiger partial charge in [-0.3, -0.25) is 4.90 Å². The summed E-state index contributed by atoms with van der Waals surface area (Å²) in [5.41, 5.74) is 0. The fourth-order valence-electron chi connectivity index (χ4n) is 2.45. The van der Waals surface area contributed by atoms with E-state index < -0.39 is 0 Å². The Balaban J connectivity index is 1.84. The Kier molecular flexibility index (Phi) is 3.46. The average Bonchev–Trinajstić information content (AvgIpc) is 2.49. The molecule has 0 aromatic heterocycles. The molecule has 2 bridgehead atoms. The number of nitrogens with one attached hydrogen (secondary N) is 1. The molecular formula is C11H20N2O2. The van der Waals surface area contributed by atoms with Gasteiger partial charge in [-0.1, -0.05) is 13.3 Å². The van der Waals surface area contributed by atoms with Crippen LogP contribution >= 0.6 is 0 Å². The molecule has 86 valence electrons. The number of carbonyl (C=O) groups excluding carboxylic acids is 1. The van der Waals surface area contributed by atoms with Crippen LogP contribution in [0.25, 0.3) is 0 Å². The van der Waals surface area contributed by atoms with Crippen LogP contribution in [0.1, 0.15) is 32.6 Å². The first kappa shape index (κ1) is 10.7. The lowest BCUT2D eigenvalue weighted by molar-refractivity contribution is 0.0735. The van der Waals surface area contributed by atoms with Gasteiger partial charge >= 0.3 is 6.09 Å². The molecule has 2 saturated heterocycles. The number of hydrogen-bond acceptors (Lipinski definition) is 3. The van der Waals surface area contributed by atoms with Crippen molar-refractivity contribution >= 4 is 6.09 Å². The molecule has 2 heterocycles. The Hall–Kier alpha value is -0.770. The maximum atomic E-state index is 11.8. The molecule has 0 aromatic carbocycles. The van der Waals surface area contributed by atoms with Crippen LogP contribution in [-0.4, -0.2) is 42.8 Å². The standard InChI is InChI=1S/C11H20N2O2/c1-2-3-6-15-11(14)13-9-4-5-10(13)8-12-7-9/h9-10,12H,2-8H2,1H3. The highest BCUT2D eigenvalue weighted by molar-refractivity contribution is 5.69. The topological polar surface area (TPSA) is 41.6 Å². The molecule has 0 radical (unpaired) electrons. The molecule has 0 aliphatic carbocycles. The molecule has 2 rings (SSSR count). The molecule has 1 amide bonds. The molecule has 2 fully saturated rings. The van der Waals surface area contributed by atoms with Crippen molar-refractivity contribution in [3.8, 4) is 0 Å². The second-order valence-corrected chi connectivity index (χ2v) is 4.42. The molecule has 0 aromatic rings. The lowest BCUT2D eigenvalue weighted by atomic mass is 10.2. The van der Waals surface area contributed by atoms with Gasteiger partial charge in [0.05, 0.1) is 6.61 Å². The number of fused-ring (bicyclic) bond motifs is 2. The zero-order chi connectivity index (χ0) is 10.7. The van der Waals surface area contributed by atoms with Crippen molar-refractivity contribution in [1.82, 2.24) is 10.2 Å². The first-order valence-corrected chi connectivity index (χ1v) is 5.98. The van der Waals surface area contributed by atoms with E-state index >= 15 is 0 Å². The van der Waals surface area contributed by atoms with Crippen molar-refractivity contribution in [2.45, 2.75) is 44.7 Å². The van der Waals surface area contributed by atoms with E-state index in [-0.39, 0.29) is 6.09 Å². The third-order valence-electron chi connectivity index (χ3n) is 3.31. The fourth-order valence-corrected chi connectivity index (χ4v) is 2.45. The minimum atomic E-state index is -0.0996. The quantitative estimate of drug-likeness (QED) is 0.718. The van der Waals surface area contributed by atoms with Crippen molar-refractivity contribution < 1.29 is 9.53 Å². The Bertz CT molecular complexity index is 217. The van der Waals surface area contributed by atoms with Gasteiger partial charge in [0.15, 0.2) is 0 Å². The number of nitrogens with zero attached hydrogens (tertiary/aromatic N) is 1. The van der Waals surface area contributed by atoms with Gasteiger partial charge in [-0.05, 0) is 19.3 Å². The largest absolute Gasteiger partial charge is 0.449 e. The Labute approximate surface area is 91.0 Å². The Morgan fingerprint density at radius 2 is 2.07 bits per heavy atom. The van der Waals surface area contributed by atoms with Crippen LogP contribution in [0.4, 0.5) is 4.79 Å². The number of unbranched alkanes of at least 4 members (excludes halogenated alkanes) is 1. The van der Waals surface area contributed by atoms with Crippen molar-refractivity contribution in [2.24, 2.45) is 0 Å². The second kappa shape index (κ2) is 4.84. The normalized spacial score (nSPS) is 29.3. The van der Waals surface area contributed by atoms with E-state index in [4.69, 9.17) is 4.74 Å². The van der Waals surface area contributed by atoms with Gasteiger partial charge in [0.1, 0.15) is 0 Å². The molecule has 2 aliphatic heterocycles. The van der Waals surface area contributed by atoms with Gasteiger partial charge < -0.3 is 10.1 Å². The molecule has 2 unspecified atom stereocenters. The van der Waals surface area contributed by atoms with Crippen LogP contribution in [0.3, 0.4) is 0 Å². The van der Waals surface area contributed by atoms with Gasteiger partial charge in [0.25, 0.3) is 0 Å². The summed E-state index contributed by atoms with van der Waals surface area (Å²) in [6.45, 7) is 4.53. The fraction of sp³-hybridized carbons (Fsp3) is 0.909. The third kappa shape index (κ3) is 2.25. The highest BCUT2D eigenvalue weighted by Gasteiger charge is 2.40. The summed E-state index contributed by atoms with van der Waals surface area (Å²) < 4.78 is 5.26. The molecule has 0 saturated carbocycles. The number of piperazine rings is 1. The summed E-state index contributed by atoms with van der Waals surface area (Å²) in [4.78, 5) is 13.8. The van der Waals surface area contributed by atoms with Crippen molar-refractivity contribution in [1.29, 1.82) is 0 Å². The van der Waals surface area contributed by atoms with E-state index in [1.807, 2.05) is 4.90 Å². The van der Waals surface area contributed by atoms with Crippen molar-refractivity contribution in [3.63, 3.8) is 0 Å². The van der Waals surface area contributed by atoms with Gasteiger partial charge in [0, 0.05) is 25.2 Å². The summed E-state index contributed by atoms with van der Waals surface area (Å²) in [6, 6.07) is 0.746. The smallest absolute Gasteiger partial charge is 0.410 e. The maximum Gasteiger partial charge on any atom is 0.410 e. The zero-order valence-corrected chi connectivity index (χ0v) is 9.37. The summed E-state index contributed by atoms with van der Waals surface area (Å²) in [7, 11) is 0. The lowest BCUT2D eigenvalue weighted by Gasteiger charge is -2.34. The Morgan fingerprint density at radius 1 is 1.40 bits per heavy atom. The van der Waals surface area contributed by atoms with Crippen LogP contribution < -0.4 is 5.32 Å². The molecule has 1 N–H and O–H groups in total. The highest BCUT2D eigenvalue weighted by atomic mass is 16.6. The molecular weight excluding hydrogens is 192 g/mol. The van der Waals surface area contributed by atoms with Crippen LogP contribution in [0.15, 0.2) is 0 Å². The van der Waals surface area contributed by atoms with E-state index in [0.29, 0.717) is 18.7 Å². The predicted molar refractivity (Wildman–Crippen MR) is 57.8 cm³/mol. The number of amides is 1. The van der Waals surface area contributed by atoms with E-state index in [1.165, 1.54) is 0 Å². The predicted octanol–water partition coefficient (Wildman–Crippen LogP) is 1.36. The van der Waals surface area contributed by atoms with Crippen LogP contribution in [0.5, 0.6) is 0 Å². The molecule has 2 aliphatic rings. The second-order valence-electron chi connectivity index (χ2n) is 4.42. The van der Waals surface area contributed by atoms with Crippen molar-refractivity contribution in [3.05, 3.63) is 0 Å². The van der Waals surface area contributed by atoms with E-state index in [9.17, 15) is 4.79 Å². The SMILES string of the molecule is CCCCOC(=O)N1C2CCC1CNC2. The summed E-state index contributed by atoms with van der Waals surface area (Å²) in [5.74, 6) is 0. The third-order valence-corrected chi connectivity index (χ3v) is 3.31. The highest BCUT2D eigenvalue weighted by Crippen LogP contribution is 2.27. The molecule has 4 heteroatoms. The van der Waals surface area contributed by atoms with E-state index in [2.05, 4.69) is 12.2 Å². The zero-order valence-electron chi connectivity index (χ0n) is 9.37. The van der Waals surface area contributed by atoms with Gasteiger partial charge in [-0.15, -0.1) is 0 Å². The maximum absolute atomic E-state index is 11.8. The summed E-state index contributed by atoms with van der Waals surface area (Å²) >= 11 is 0. The first-order chi connectivity index (χ1) is 7.33. The van der Waals surface area contributed by atoms with Gasteiger partial charge in [-0.25, -0.2) is 4.79 Å².